The zero-order chi connectivity index (χ0) is 13.1. The molecule has 0 heterocycles. The molecule has 0 aromatic rings. The smallest absolute Gasteiger partial charge is 0.322 e. The minimum Gasteiger partial charge on any atom is -0.465 e. The van der Waals surface area contributed by atoms with E-state index in [1.54, 1.807) is 0 Å². The number of esters is 1. The van der Waals surface area contributed by atoms with E-state index in [9.17, 15) is 4.79 Å². The Kier molecular flexibility index (Phi) is 14.7. The molecule has 0 bridgehead atoms. The van der Waals surface area contributed by atoms with E-state index in [0.717, 1.165) is 12.8 Å². The van der Waals surface area contributed by atoms with Gasteiger partial charge in [0.05, 0.1) is 6.61 Å². The molecule has 0 amide bonds. The molecule has 0 spiro atoms. The lowest BCUT2D eigenvalue weighted by Gasteiger charge is -2.13. The summed E-state index contributed by atoms with van der Waals surface area (Å²) in [5, 5.41) is 0. The van der Waals surface area contributed by atoms with E-state index in [1.807, 2.05) is 0 Å². The fourth-order valence-electron chi connectivity index (χ4n) is 1.77. The molecule has 0 aromatic heterocycles. The van der Waals surface area contributed by atoms with Gasteiger partial charge in [0.1, 0.15) is 6.04 Å². The van der Waals surface area contributed by atoms with Crippen molar-refractivity contribution in [2.45, 2.75) is 71.8 Å². The van der Waals surface area contributed by atoms with Gasteiger partial charge in [-0.3, -0.25) is 4.79 Å². The standard InChI is InChI=1S/C14H29NO2.ClH/c1-4-5-6-7-8-9-10-17-14(16)13(15)11-12(2)3;/h12-13H,4-11,15H2,1-3H3;1H/t13-;/m0./s1. The Morgan fingerprint density at radius 1 is 1.11 bits per heavy atom. The van der Waals surface area contributed by atoms with E-state index >= 15 is 0 Å². The van der Waals surface area contributed by atoms with Crippen LogP contribution in [0.3, 0.4) is 0 Å². The van der Waals surface area contributed by atoms with Crippen molar-refractivity contribution in [1.29, 1.82) is 0 Å². The first kappa shape index (κ1) is 20.0. The van der Waals surface area contributed by atoms with Crippen molar-refractivity contribution in [2.75, 3.05) is 6.61 Å². The average molecular weight is 280 g/mol. The Morgan fingerprint density at radius 3 is 2.22 bits per heavy atom. The fraction of sp³-hybridized carbons (Fsp3) is 0.929. The van der Waals surface area contributed by atoms with Crippen LogP contribution in [0.2, 0.25) is 0 Å². The molecular formula is C14H30ClNO2. The van der Waals surface area contributed by atoms with Crippen LogP contribution in [0.1, 0.15) is 65.7 Å². The van der Waals surface area contributed by atoms with Gasteiger partial charge in [-0.1, -0.05) is 52.9 Å². The minimum absolute atomic E-state index is 0. The third-order valence-corrected chi connectivity index (χ3v) is 2.77. The molecule has 1 atom stereocenters. The number of rotatable bonds is 10. The molecule has 0 unspecified atom stereocenters. The maximum Gasteiger partial charge on any atom is 0.322 e. The van der Waals surface area contributed by atoms with Crippen molar-refractivity contribution in [2.24, 2.45) is 11.7 Å². The fourth-order valence-corrected chi connectivity index (χ4v) is 1.77. The molecule has 0 aliphatic carbocycles. The zero-order valence-corrected chi connectivity index (χ0v) is 12.9. The molecule has 0 saturated carbocycles. The number of nitrogens with two attached hydrogens (primary N) is 1. The van der Waals surface area contributed by atoms with Gasteiger partial charge in [0.25, 0.3) is 0 Å². The summed E-state index contributed by atoms with van der Waals surface area (Å²) in [6, 6.07) is -0.449. The SMILES string of the molecule is CCCCCCCCOC(=O)[C@@H](N)CC(C)C.Cl. The van der Waals surface area contributed by atoms with Crippen LogP contribution in [0, 0.1) is 5.92 Å². The van der Waals surface area contributed by atoms with Crippen molar-refractivity contribution < 1.29 is 9.53 Å². The van der Waals surface area contributed by atoms with E-state index in [0.29, 0.717) is 18.9 Å². The van der Waals surface area contributed by atoms with E-state index in [2.05, 4.69) is 20.8 Å². The third kappa shape index (κ3) is 12.2. The Morgan fingerprint density at radius 2 is 1.67 bits per heavy atom. The van der Waals surface area contributed by atoms with Gasteiger partial charge in [0.2, 0.25) is 0 Å². The Hall–Kier alpha value is -0.280. The molecular weight excluding hydrogens is 250 g/mol. The molecule has 0 aliphatic heterocycles. The van der Waals surface area contributed by atoms with E-state index in [1.165, 1.54) is 25.7 Å². The van der Waals surface area contributed by atoms with Crippen LogP contribution >= 0.6 is 12.4 Å². The lowest BCUT2D eigenvalue weighted by Crippen LogP contribution is -2.33. The van der Waals surface area contributed by atoms with Gasteiger partial charge in [-0.25, -0.2) is 0 Å². The minimum atomic E-state index is -0.449. The van der Waals surface area contributed by atoms with Gasteiger partial charge < -0.3 is 10.5 Å². The summed E-state index contributed by atoms with van der Waals surface area (Å²) in [6.07, 6.45) is 7.91. The van der Waals surface area contributed by atoms with Crippen LogP contribution in [0.15, 0.2) is 0 Å². The molecule has 0 saturated heterocycles. The highest BCUT2D eigenvalue weighted by molar-refractivity contribution is 5.85. The predicted molar refractivity (Wildman–Crippen MR) is 79.0 cm³/mol. The van der Waals surface area contributed by atoms with Gasteiger partial charge in [-0.2, -0.15) is 0 Å². The Balaban J connectivity index is 0. The van der Waals surface area contributed by atoms with Gasteiger partial charge in [-0.15, -0.1) is 12.4 Å². The monoisotopic (exact) mass is 279 g/mol. The van der Waals surface area contributed by atoms with Gasteiger partial charge in [0.15, 0.2) is 0 Å². The maximum absolute atomic E-state index is 11.5. The molecule has 0 fully saturated rings. The van der Waals surface area contributed by atoms with Crippen molar-refractivity contribution in [3.63, 3.8) is 0 Å². The Labute approximate surface area is 118 Å². The predicted octanol–water partition coefficient (Wildman–Crippen LogP) is 3.69. The van der Waals surface area contributed by atoms with Crippen molar-refractivity contribution >= 4 is 18.4 Å². The number of ether oxygens (including phenoxy) is 1. The topological polar surface area (TPSA) is 52.3 Å². The second kappa shape index (κ2) is 13.2. The first-order valence-corrected chi connectivity index (χ1v) is 7.00. The molecule has 18 heavy (non-hydrogen) atoms. The number of hydrogen-bond donors (Lipinski definition) is 1. The summed E-state index contributed by atoms with van der Waals surface area (Å²) in [4.78, 5) is 11.5. The van der Waals surface area contributed by atoms with Crippen molar-refractivity contribution in [3.8, 4) is 0 Å². The lowest BCUT2D eigenvalue weighted by molar-refractivity contribution is -0.145. The number of carbonyl (C=O) groups is 1. The van der Waals surface area contributed by atoms with Crippen LogP contribution in [0.4, 0.5) is 0 Å². The summed E-state index contributed by atoms with van der Waals surface area (Å²) in [7, 11) is 0. The Bertz CT molecular complexity index is 198. The number of halogens is 1. The van der Waals surface area contributed by atoms with Crippen LogP contribution < -0.4 is 5.73 Å². The second-order valence-electron chi connectivity index (χ2n) is 5.17. The normalized spacial score (nSPS) is 12.1. The quantitative estimate of drug-likeness (QED) is 0.490. The lowest BCUT2D eigenvalue weighted by atomic mass is 10.1. The van der Waals surface area contributed by atoms with Crippen LogP contribution in [-0.4, -0.2) is 18.6 Å². The van der Waals surface area contributed by atoms with Crippen LogP contribution in [0.5, 0.6) is 0 Å². The molecule has 0 aromatic carbocycles. The number of unbranched alkanes of at least 4 members (excludes halogenated alkanes) is 5. The molecule has 0 aliphatic rings. The van der Waals surface area contributed by atoms with E-state index in [4.69, 9.17) is 10.5 Å². The summed E-state index contributed by atoms with van der Waals surface area (Å²) >= 11 is 0. The highest BCUT2D eigenvalue weighted by atomic mass is 35.5. The van der Waals surface area contributed by atoms with Crippen LogP contribution in [-0.2, 0) is 9.53 Å². The summed E-state index contributed by atoms with van der Waals surface area (Å²) < 4.78 is 5.15. The average Bonchev–Trinajstić information content (AvgIpc) is 2.26. The second-order valence-corrected chi connectivity index (χ2v) is 5.17. The molecule has 4 heteroatoms. The van der Waals surface area contributed by atoms with Gasteiger partial charge in [-0.05, 0) is 18.8 Å². The molecule has 0 radical (unpaired) electrons. The van der Waals surface area contributed by atoms with Gasteiger partial charge >= 0.3 is 5.97 Å². The first-order chi connectivity index (χ1) is 8.07. The van der Waals surface area contributed by atoms with E-state index < -0.39 is 6.04 Å². The van der Waals surface area contributed by atoms with Crippen molar-refractivity contribution in [1.82, 2.24) is 0 Å². The highest BCUT2D eigenvalue weighted by Crippen LogP contribution is 2.07. The highest BCUT2D eigenvalue weighted by Gasteiger charge is 2.15. The summed E-state index contributed by atoms with van der Waals surface area (Å²) in [6.45, 7) is 6.84. The number of hydrogen-bond acceptors (Lipinski definition) is 3. The third-order valence-electron chi connectivity index (χ3n) is 2.77. The largest absolute Gasteiger partial charge is 0.465 e. The van der Waals surface area contributed by atoms with Gasteiger partial charge in [0, 0.05) is 0 Å². The molecule has 3 nitrogen and oxygen atoms in total. The van der Waals surface area contributed by atoms with E-state index in [-0.39, 0.29) is 18.4 Å². The molecule has 0 rings (SSSR count). The maximum atomic E-state index is 11.5. The number of carbonyl (C=O) groups excluding carboxylic acids is 1. The van der Waals surface area contributed by atoms with Crippen molar-refractivity contribution in [3.05, 3.63) is 0 Å². The molecule has 110 valence electrons. The summed E-state index contributed by atoms with van der Waals surface area (Å²) in [5.74, 6) is 0.193. The first-order valence-electron chi connectivity index (χ1n) is 7.00. The zero-order valence-electron chi connectivity index (χ0n) is 12.1. The molecule has 2 N–H and O–H groups in total. The summed E-state index contributed by atoms with van der Waals surface area (Å²) in [5.41, 5.74) is 5.72. The van der Waals surface area contributed by atoms with Crippen LogP contribution in [0.25, 0.3) is 0 Å².